The lowest BCUT2D eigenvalue weighted by Gasteiger charge is -2.32. The second kappa shape index (κ2) is 6.86. The van der Waals surface area contributed by atoms with Gasteiger partial charge in [-0.15, -0.1) is 11.8 Å². The van der Waals surface area contributed by atoms with Gasteiger partial charge in [0.2, 0.25) is 5.79 Å². The fourth-order valence-corrected chi connectivity index (χ4v) is 4.18. The first kappa shape index (κ1) is 16.1. The van der Waals surface area contributed by atoms with Crippen LogP contribution >= 0.6 is 11.8 Å². The molecule has 4 rings (SSSR count). The summed E-state index contributed by atoms with van der Waals surface area (Å²) in [4.78, 5) is 1.13. The molecule has 0 amide bonds. The number of aliphatic hydroxyl groups is 1. The predicted molar refractivity (Wildman–Crippen MR) is 91.7 cm³/mol. The van der Waals surface area contributed by atoms with E-state index in [0.29, 0.717) is 19.0 Å². The smallest absolute Gasteiger partial charge is 0.207 e. The van der Waals surface area contributed by atoms with Gasteiger partial charge in [-0.2, -0.15) is 0 Å². The molecule has 126 valence electrons. The highest BCUT2D eigenvalue weighted by Gasteiger charge is 2.61. The third-order valence-electron chi connectivity index (χ3n) is 4.44. The zero-order chi connectivity index (χ0) is 16.4. The van der Waals surface area contributed by atoms with Crippen molar-refractivity contribution in [2.75, 3.05) is 12.4 Å². The van der Waals surface area contributed by atoms with Crippen LogP contribution in [0.4, 0.5) is 0 Å². The van der Waals surface area contributed by atoms with E-state index in [-0.39, 0.29) is 12.2 Å². The zero-order valence-electron chi connectivity index (χ0n) is 13.2. The number of benzene rings is 2. The predicted octanol–water partition coefficient (Wildman–Crippen LogP) is 2.85. The van der Waals surface area contributed by atoms with E-state index in [1.54, 1.807) is 11.8 Å². The van der Waals surface area contributed by atoms with Gasteiger partial charge in [-0.05, 0) is 17.7 Å². The van der Waals surface area contributed by atoms with Crippen molar-refractivity contribution in [3.05, 3.63) is 66.2 Å². The Labute approximate surface area is 145 Å². The molecule has 2 heterocycles. The molecule has 0 radical (unpaired) electrons. The maximum Gasteiger partial charge on any atom is 0.207 e. The number of rotatable bonds is 6. The van der Waals surface area contributed by atoms with Crippen molar-refractivity contribution in [3.8, 4) is 0 Å². The lowest BCUT2D eigenvalue weighted by Crippen LogP contribution is -2.51. The van der Waals surface area contributed by atoms with Crippen LogP contribution in [0.15, 0.2) is 65.6 Å². The van der Waals surface area contributed by atoms with Crippen LogP contribution in [0.1, 0.15) is 5.56 Å². The Hall–Kier alpha value is -1.37. The van der Waals surface area contributed by atoms with E-state index in [9.17, 15) is 5.11 Å². The van der Waals surface area contributed by atoms with Crippen molar-refractivity contribution in [3.63, 3.8) is 0 Å². The molecule has 0 unspecified atom stereocenters. The van der Waals surface area contributed by atoms with Gasteiger partial charge < -0.3 is 19.3 Å². The maximum absolute atomic E-state index is 10.7. The number of hydrogen-bond acceptors (Lipinski definition) is 5. The summed E-state index contributed by atoms with van der Waals surface area (Å²) in [5.41, 5.74) is 1.08. The number of hydrogen-bond donors (Lipinski definition) is 1. The highest BCUT2D eigenvalue weighted by Crippen LogP contribution is 2.43. The molecule has 0 spiro atoms. The van der Waals surface area contributed by atoms with Crippen molar-refractivity contribution in [1.29, 1.82) is 0 Å². The summed E-state index contributed by atoms with van der Waals surface area (Å²) in [5.74, 6) is -0.424. The maximum atomic E-state index is 10.7. The molecule has 2 aliphatic heterocycles. The van der Waals surface area contributed by atoms with Crippen LogP contribution in [-0.4, -0.2) is 41.6 Å². The highest BCUT2D eigenvalue weighted by atomic mass is 32.2. The minimum atomic E-state index is -0.966. The van der Waals surface area contributed by atoms with Crippen molar-refractivity contribution in [1.82, 2.24) is 0 Å². The number of fused-ring (bicyclic) bond motifs is 2. The molecule has 2 fully saturated rings. The molecule has 0 aliphatic carbocycles. The van der Waals surface area contributed by atoms with Crippen LogP contribution in [0.2, 0.25) is 0 Å². The van der Waals surface area contributed by atoms with Gasteiger partial charge in [-0.25, -0.2) is 0 Å². The Balaban J connectivity index is 1.39. The first-order valence-electron chi connectivity index (χ1n) is 8.10. The van der Waals surface area contributed by atoms with Crippen LogP contribution in [-0.2, 0) is 20.8 Å². The summed E-state index contributed by atoms with van der Waals surface area (Å²) in [6.45, 7) is 0.927. The van der Waals surface area contributed by atoms with Gasteiger partial charge in [0.1, 0.15) is 18.3 Å². The quantitative estimate of drug-likeness (QED) is 0.817. The van der Waals surface area contributed by atoms with E-state index in [1.807, 2.05) is 60.7 Å². The molecule has 2 aromatic carbocycles. The molecule has 1 N–H and O–H groups in total. The van der Waals surface area contributed by atoms with Crippen molar-refractivity contribution in [2.45, 2.75) is 35.6 Å². The highest BCUT2D eigenvalue weighted by molar-refractivity contribution is 7.99. The lowest BCUT2D eigenvalue weighted by atomic mass is 10.0. The Bertz CT molecular complexity index is 666. The monoisotopic (exact) mass is 344 g/mol. The van der Waals surface area contributed by atoms with E-state index in [1.165, 1.54) is 0 Å². The Morgan fingerprint density at radius 2 is 1.79 bits per heavy atom. The van der Waals surface area contributed by atoms with Gasteiger partial charge in [-0.1, -0.05) is 48.5 Å². The average molecular weight is 344 g/mol. The molecule has 4 nitrogen and oxygen atoms in total. The molecule has 0 aromatic heterocycles. The molecular weight excluding hydrogens is 324 g/mol. The van der Waals surface area contributed by atoms with Crippen molar-refractivity contribution in [2.24, 2.45) is 0 Å². The number of aliphatic hydroxyl groups excluding tert-OH is 1. The third-order valence-corrected chi connectivity index (χ3v) is 5.59. The second-order valence-corrected chi connectivity index (χ2v) is 7.14. The molecule has 2 aliphatic rings. The summed E-state index contributed by atoms with van der Waals surface area (Å²) in [7, 11) is 0. The second-order valence-electron chi connectivity index (χ2n) is 6.09. The van der Waals surface area contributed by atoms with Gasteiger partial charge in [0, 0.05) is 4.90 Å². The van der Waals surface area contributed by atoms with Crippen LogP contribution in [0.3, 0.4) is 0 Å². The minimum Gasteiger partial charge on any atom is -0.385 e. The summed E-state index contributed by atoms with van der Waals surface area (Å²) in [5, 5.41) is 10.7. The summed E-state index contributed by atoms with van der Waals surface area (Å²) in [6.07, 6.45) is -1.34. The Morgan fingerprint density at radius 1 is 1.08 bits per heavy atom. The van der Waals surface area contributed by atoms with E-state index in [2.05, 4.69) is 0 Å². The Morgan fingerprint density at radius 3 is 2.54 bits per heavy atom. The zero-order valence-corrected chi connectivity index (χ0v) is 14.0. The SMILES string of the molecule is O[C@H]1[C@H](OCc2ccccc2)[C@H]2CO[C@]1(CSc1ccccc1)O2. The largest absolute Gasteiger partial charge is 0.385 e. The summed E-state index contributed by atoms with van der Waals surface area (Å²) < 4.78 is 17.7. The Kier molecular flexibility index (Phi) is 4.61. The lowest BCUT2D eigenvalue weighted by molar-refractivity contribution is -0.194. The van der Waals surface area contributed by atoms with Crippen molar-refractivity contribution >= 4 is 11.8 Å². The molecule has 2 saturated heterocycles. The standard InChI is InChI=1S/C19H20O4S/c20-18-17(21-11-14-7-3-1-4-8-14)16-12-22-19(18,23-16)13-24-15-9-5-2-6-10-15/h1-10,16-18,20H,11-13H2/t16-,17-,18+,19-/m1/s1. The molecule has 2 aromatic rings. The first-order valence-corrected chi connectivity index (χ1v) is 9.09. The van der Waals surface area contributed by atoms with Crippen LogP contribution in [0.5, 0.6) is 0 Å². The van der Waals surface area contributed by atoms with Gasteiger partial charge in [0.05, 0.1) is 19.0 Å². The molecule has 2 bridgehead atoms. The van der Waals surface area contributed by atoms with Crippen LogP contribution in [0, 0.1) is 0 Å². The average Bonchev–Trinajstić information content (AvgIpc) is 3.17. The van der Waals surface area contributed by atoms with Gasteiger partial charge >= 0.3 is 0 Å². The topological polar surface area (TPSA) is 47.9 Å². The molecular formula is C19H20O4S. The first-order chi connectivity index (χ1) is 11.8. The molecule has 5 heteroatoms. The van der Waals surface area contributed by atoms with E-state index in [4.69, 9.17) is 14.2 Å². The molecule has 24 heavy (non-hydrogen) atoms. The van der Waals surface area contributed by atoms with Crippen LogP contribution in [0.25, 0.3) is 0 Å². The fourth-order valence-electron chi connectivity index (χ4n) is 3.14. The van der Waals surface area contributed by atoms with Gasteiger partial charge in [0.25, 0.3) is 0 Å². The van der Waals surface area contributed by atoms with E-state index in [0.717, 1.165) is 10.5 Å². The molecule has 4 atom stereocenters. The summed E-state index contributed by atoms with van der Waals surface area (Å²) >= 11 is 1.62. The normalized spacial score (nSPS) is 31.5. The van der Waals surface area contributed by atoms with Gasteiger partial charge in [0.15, 0.2) is 0 Å². The third kappa shape index (κ3) is 3.10. The van der Waals surface area contributed by atoms with E-state index < -0.39 is 11.9 Å². The van der Waals surface area contributed by atoms with Crippen LogP contribution < -0.4 is 0 Å². The molecule has 0 saturated carbocycles. The number of thioether (sulfide) groups is 1. The fraction of sp³-hybridized carbons (Fsp3) is 0.368. The minimum absolute atomic E-state index is 0.208. The van der Waals surface area contributed by atoms with Crippen molar-refractivity contribution < 1.29 is 19.3 Å². The summed E-state index contributed by atoms with van der Waals surface area (Å²) in [6, 6.07) is 20.0. The van der Waals surface area contributed by atoms with Gasteiger partial charge in [-0.3, -0.25) is 0 Å². The van der Waals surface area contributed by atoms with E-state index >= 15 is 0 Å². The number of ether oxygens (including phenoxy) is 3.